The van der Waals surface area contributed by atoms with Gasteiger partial charge in [0.15, 0.2) is 0 Å². The Morgan fingerprint density at radius 2 is 1.58 bits per heavy atom. The van der Waals surface area contributed by atoms with Crippen LogP contribution in [0.25, 0.3) is 0 Å². The van der Waals surface area contributed by atoms with E-state index in [4.69, 9.17) is 14.2 Å². The third-order valence-electron chi connectivity index (χ3n) is 3.01. The number of esters is 1. The summed E-state index contributed by atoms with van der Waals surface area (Å²) in [5.74, 6) is -0.0665. The Labute approximate surface area is 115 Å². The number of carbonyl (C=O) groups excluding carboxylic acids is 2. The summed E-state index contributed by atoms with van der Waals surface area (Å²) in [6, 6.07) is 0. The lowest BCUT2D eigenvalue weighted by atomic mass is 9.77. The Kier molecular flexibility index (Phi) is 7.49. The van der Waals surface area contributed by atoms with Crippen molar-refractivity contribution >= 4 is 12.1 Å². The summed E-state index contributed by atoms with van der Waals surface area (Å²) in [6.07, 6.45) is -0.783. The zero-order valence-electron chi connectivity index (χ0n) is 12.8. The quantitative estimate of drug-likeness (QED) is 0.667. The van der Waals surface area contributed by atoms with E-state index in [2.05, 4.69) is 0 Å². The molecule has 0 N–H and O–H groups in total. The summed E-state index contributed by atoms with van der Waals surface area (Å²) in [6.45, 7) is 11.5. The first-order valence-corrected chi connectivity index (χ1v) is 6.78. The van der Waals surface area contributed by atoms with Gasteiger partial charge < -0.3 is 14.2 Å². The van der Waals surface area contributed by atoms with Gasteiger partial charge in [0.05, 0.1) is 13.2 Å². The van der Waals surface area contributed by atoms with Crippen LogP contribution in [0.15, 0.2) is 0 Å². The third kappa shape index (κ3) is 5.49. The lowest BCUT2D eigenvalue weighted by Crippen LogP contribution is -2.43. The topological polar surface area (TPSA) is 61.8 Å². The highest BCUT2D eigenvalue weighted by Gasteiger charge is 2.43. The van der Waals surface area contributed by atoms with E-state index >= 15 is 0 Å². The largest absolute Gasteiger partial charge is 0.508 e. The second kappa shape index (κ2) is 8.02. The summed E-state index contributed by atoms with van der Waals surface area (Å²) < 4.78 is 15.0. The summed E-state index contributed by atoms with van der Waals surface area (Å²) in [4.78, 5) is 23.5. The molecule has 0 fully saturated rings. The Balaban J connectivity index is 4.91. The third-order valence-corrected chi connectivity index (χ3v) is 3.01. The summed E-state index contributed by atoms with van der Waals surface area (Å²) in [5, 5.41) is 0. The van der Waals surface area contributed by atoms with Gasteiger partial charge in [0.2, 0.25) is 0 Å². The standard InChI is InChI=1S/C14H26O5/c1-7-17-12(15)14(6,9-10(3)4)11(5)19-13(16)18-8-2/h10-11H,7-9H2,1-6H3. The van der Waals surface area contributed by atoms with Crippen molar-refractivity contribution in [2.24, 2.45) is 11.3 Å². The van der Waals surface area contributed by atoms with Gasteiger partial charge in [0, 0.05) is 0 Å². The van der Waals surface area contributed by atoms with Crippen molar-refractivity contribution in [1.29, 1.82) is 0 Å². The van der Waals surface area contributed by atoms with Crippen LogP contribution in [0.4, 0.5) is 4.79 Å². The zero-order valence-corrected chi connectivity index (χ0v) is 12.8. The number of ether oxygens (including phenoxy) is 3. The van der Waals surface area contributed by atoms with Gasteiger partial charge in [-0.05, 0) is 40.0 Å². The van der Waals surface area contributed by atoms with E-state index in [1.54, 1.807) is 27.7 Å². The maximum absolute atomic E-state index is 12.1. The molecule has 0 amide bonds. The van der Waals surface area contributed by atoms with E-state index in [1.165, 1.54) is 0 Å². The van der Waals surface area contributed by atoms with E-state index in [0.29, 0.717) is 13.0 Å². The highest BCUT2D eigenvalue weighted by molar-refractivity contribution is 5.77. The minimum atomic E-state index is -0.864. The fraction of sp³-hybridized carbons (Fsp3) is 0.857. The molecule has 0 aliphatic heterocycles. The molecule has 0 aromatic rings. The molecular formula is C14H26O5. The predicted molar refractivity (Wildman–Crippen MR) is 71.8 cm³/mol. The monoisotopic (exact) mass is 274 g/mol. The lowest BCUT2D eigenvalue weighted by molar-refractivity contribution is -0.163. The fourth-order valence-corrected chi connectivity index (χ4v) is 1.99. The van der Waals surface area contributed by atoms with Crippen LogP contribution in [0.3, 0.4) is 0 Å². The highest BCUT2D eigenvalue weighted by atomic mass is 16.7. The van der Waals surface area contributed by atoms with E-state index < -0.39 is 17.7 Å². The Morgan fingerprint density at radius 1 is 1.05 bits per heavy atom. The molecular weight excluding hydrogens is 248 g/mol. The van der Waals surface area contributed by atoms with Crippen LogP contribution in [0.2, 0.25) is 0 Å². The highest BCUT2D eigenvalue weighted by Crippen LogP contribution is 2.33. The van der Waals surface area contributed by atoms with Crippen LogP contribution in [0.1, 0.15) is 48.0 Å². The lowest BCUT2D eigenvalue weighted by Gasteiger charge is -2.33. The molecule has 112 valence electrons. The fourth-order valence-electron chi connectivity index (χ4n) is 1.99. The smallest absolute Gasteiger partial charge is 0.465 e. The van der Waals surface area contributed by atoms with Crippen molar-refractivity contribution in [3.05, 3.63) is 0 Å². The van der Waals surface area contributed by atoms with E-state index in [9.17, 15) is 9.59 Å². The summed E-state index contributed by atoms with van der Waals surface area (Å²) >= 11 is 0. The summed E-state index contributed by atoms with van der Waals surface area (Å²) in [5.41, 5.74) is -0.864. The van der Waals surface area contributed by atoms with Crippen LogP contribution in [-0.4, -0.2) is 31.4 Å². The molecule has 2 unspecified atom stereocenters. The molecule has 0 aliphatic carbocycles. The maximum atomic E-state index is 12.1. The second-order valence-corrected chi connectivity index (χ2v) is 5.18. The van der Waals surface area contributed by atoms with Crippen LogP contribution in [-0.2, 0) is 19.0 Å². The van der Waals surface area contributed by atoms with Crippen LogP contribution in [0.5, 0.6) is 0 Å². The molecule has 0 rings (SSSR count). The number of rotatable bonds is 7. The van der Waals surface area contributed by atoms with E-state index in [1.807, 2.05) is 13.8 Å². The molecule has 0 spiro atoms. The molecule has 0 aliphatic rings. The molecule has 0 radical (unpaired) electrons. The maximum Gasteiger partial charge on any atom is 0.508 e. The van der Waals surface area contributed by atoms with E-state index in [-0.39, 0.29) is 18.5 Å². The molecule has 0 saturated carbocycles. The van der Waals surface area contributed by atoms with Gasteiger partial charge in [0.1, 0.15) is 11.5 Å². The zero-order chi connectivity index (χ0) is 15.1. The van der Waals surface area contributed by atoms with Gasteiger partial charge >= 0.3 is 12.1 Å². The predicted octanol–water partition coefficient (Wildman–Crippen LogP) is 3.16. The van der Waals surface area contributed by atoms with Crippen molar-refractivity contribution < 1.29 is 23.8 Å². The Bertz CT molecular complexity index is 300. The molecule has 5 heteroatoms. The van der Waals surface area contributed by atoms with Crippen molar-refractivity contribution in [1.82, 2.24) is 0 Å². The van der Waals surface area contributed by atoms with Gasteiger partial charge in [0.25, 0.3) is 0 Å². The minimum Gasteiger partial charge on any atom is -0.465 e. The summed E-state index contributed by atoms with van der Waals surface area (Å²) in [7, 11) is 0. The van der Waals surface area contributed by atoms with Gasteiger partial charge in [-0.1, -0.05) is 13.8 Å². The molecule has 2 atom stereocenters. The number of hydrogen-bond donors (Lipinski definition) is 0. The molecule has 5 nitrogen and oxygen atoms in total. The Morgan fingerprint density at radius 3 is 2.00 bits per heavy atom. The van der Waals surface area contributed by atoms with E-state index in [0.717, 1.165) is 0 Å². The first kappa shape index (κ1) is 17.7. The van der Waals surface area contributed by atoms with Crippen molar-refractivity contribution in [3.8, 4) is 0 Å². The molecule has 0 aromatic heterocycles. The normalized spacial score (nSPS) is 15.5. The van der Waals surface area contributed by atoms with Crippen molar-refractivity contribution in [3.63, 3.8) is 0 Å². The van der Waals surface area contributed by atoms with Gasteiger partial charge in [-0.3, -0.25) is 4.79 Å². The molecule has 19 heavy (non-hydrogen) atoms. The minimum absolute atomic E-state index is 0.242. The van der Waals surface area contributed by atoms with Crippen molar-refractivity contribution in [2.75, 3.05) is 13.2 Å². The van der Waals surface area contributed by atoms with Crippen LogP contribution >= 0.6 is 0 Å². The molecule has 0 aromatic carbocycles. The number of carbonyl (C=O) groups is 2. The van der Waals surface area contributed by atoms with Gasteiger partial charge in [-0.15, -0.1) is 0 Å². The Hall–Kier alpha value is -1.26. The average Bonchev–Trinajstić information content (AvgIpc) is 2.28. The van der Waals surface area contributed by atoms with Crippen molar-refractivity contribution in [2.45, 2.75) is 54.1 Å². The molecule has 0 bridgehead atoms. The first-order valence-electron chi connectivity index (χ1n) is 6.78. The van der Waals surface area contributed by atoms with Crippen LogP contribution < -0.4 is 0 Å². The van der Waals surface area contributed by atoms with Crippen LogP contribution in [0, 0.1) is 11.3 Å². The second-order valence-electron chi connectivity index (χ2n) is 5.18. The average molecular weight is 274 g/mol. The molecule has 0 saturated heterocycles. The SMILES string of the molecule is CCOC(=O)OC(C)C(C)(CC(C)C)C(=O)OCC. The number of hydrogen-bond acceptors (Lipinski definition) is 5. The molecule has 0 heterocycles. The van der Waals surface area contributed by atoms with Gasteiger partial charge in [-0.2, -0.15) is 0 Å². The first-order chi connectivity index (χ1) is 8.77. The van der Waals surface area contributed by atoms with Gasteiger partial charge in [-0.25, -0.2) is 4.79 Å².